The smallest absolute Gasteiger partial charge is 0.462 e. The molecule has 0 radical (unpaired) electrons. The predicted molar refractivity (Wildman–Crippen MR) is 363 cm³/mol. The second-order valence-corrected chi connectivity index (χ2v) is 29.7. The molecule has 3 N–H and O–H groups in total. The number of carbonyl (C=O) groups is 4. The van der Waals surface area contributed by atoms with Crippen molar-refractivity contribution >= 4 is 39.5 Å². The standard InChI is InChI=1S/C71H138O17P2/c1-8-10-11-12-28-38-45-52-68(73)81-58-66(88-71(76)55-48-41-34-27-26-31-37-44-51-64(7)9-2)60-85-89(77,78)83-56-65(72)57-84-90(79,80)86-61-67(59-82-69(74)53-46-39-32-24-21-17-19-23-30-36-43-50-63(5)6)87-70(75)54-47-40-33-25-20-16-14-13-15-18-22-29-35-42-49-62(3)4/h62-67,72H,8-61H2,1-7H3,(H,77,78)(H,79,80)/t64?,65-,66+,67+/m0/s1. The van der Waals surface area contributed by atoms with Gasteiger partial charge in [0.2, 0.25) is 0 Å². The Labute approximate surface area is 549 Å². The van der Waals surface area contributed by atoms with Crippen LogP contribution in [-0.2, 0) is 65.4 Å². The van der Waals surface area contributed by atoms with Crippen molar-refractivity contribution in [2.45, 2.75) is 375 Å². The van der Waals surface area contributed by atoms with Crippen LogP contribution in [0.25, 0.3) is 0 Å². The molecule has 0 aliphatic heterocycles. The molecule has 19 heteroatoms. The lowest BCUT2D eigenvalue weighted by atomic mass is 9.99. The lowest BCUT2D eigenvalue weighted by Crippen LogP contribution is -2.30. The van der Waals surface area contributed by atoms with Crippen molar-refractivity contribution in [3.63, 3.8) is 0 Å². The minimum Gasteiger partial charge on any atom is -0.462 e. The highest BCUT2D eigenvalue weighted by molar-refractivity contribution is 7.47. The zero-order valence-corrected chi connectivity index (χ0v) is 60.4. The fourth-order valence-corrected chi connectivity index (χ4v) is 12.3. The van der Waals surface area contributed by atoms with E-state index in [0.717, 1.165) is 120 Å². The molecule has 0 fully saturated rings. The topological polar surface area (TPSA) is 237 Å². The summed E-state index contributed by atoms with van der Waals surface area (Å²) in [6.45, 7) is 11.8. The molecule has 534 valence electrons. The summed E-state index contributed by atoms with van der Waals surface area (Å²) in [6.07, 6.45) is 45.9. The van der Waals surface area contributed by atoms with Gasteiger partial charge in [0, 0.05) is 25.7 Å². The number of aliphatic hydroxyl groups excluding tert-OH is 1. The molecule has 0 rings (SSSR count). The highest BCUT2D eigenvalue weighted by Crippen LogP contribution is 2.45. The average molecular weight is 1330 g/mol. The molecule has 0 aromatic heterocycles. The van der Waals surface area contributed by atoms with Crippen LogP contribution in [0.1, 0.15) is 357 Å². The third-order valence-corrected chi connectivity index (χ3v) is 18.6. The first-order chi connectivity index (χ1) is 43.3. The van der Waals surface area contributed by atoms with E-state index in [1.807, 2.05) is 0 Å². The van der Waals surface area contributed by atoms with Crippen molar-refractivity contribution in [1.29, 1.82) is 0 Å². The van der Waals surface area contributed by atoms with Crippen molar-refractivity contribution in [3.05, 3.63) is 0 Å². The molecule has 0 aliphatic carbocycles. The summed E-state index contributed by atoms with van der Waals surface area (Å²) in [4.78, 5) is 72.5. The van der Waals surface area contributed by atoms with E-state index in [4.69, 9.17) is 37.0 Å². The summed E-state index contributed by atoms with van der Waals surface area (Å²) in [6, 6.07) is 0. The summed E-state index contributed by atoms with van der Waals surface area (Å²) >= 11 is 0. The number of unbranched alkanes of at least 4 members (excludes halogenated alkanes) is 36. The highest BCUT2D eigenvalue weighted by Gasteiger charge is 2.30. The number of phosphoric acid groups is 2. The summed E-state index contributed by atoms with van der Waals surface area (Å²) in [5.74, 6) is 0.206. The van der Waals surface area contributed by atoms with Gasteiger partial charge in [0.05, 0.1) is 26.4 Å². The number of aliphatic hydroxyl groups is 1. The number of hydrogen-bond acceptors (Lipinski definition) is 15. The fourth-order valence-electron chi connectivity index (χ4n) is 10.7. The van der Waals surface area contributed by atoms with Crippen LogP contribution in [0.15, 0.2) is 0 Å². The first-order valence-corrected chi connectivity index (χ1v) is 39.9. The molecular weight excluding hydrogens is 1190 g/mol. The Kier molecular flexibility index (Phi) is 60.6. The fraction of sp³-hybridized carbons (Fsp3) is 0.944. The molecule has 0 spiro atoms. The van der Waals surface area contributed by atoms with Gasteiger partial charge in [-0.3, -0.25) is 37.3 Å². The largest absolute Gasteiger partial charge is 0.472 e. The lowest BCUT2D eigenvalue weighted by Gasteiger charge is -2.21. The number of carbonyl (C=O) groups excluding carboxylic acids is 4. The van der Waals surface area contributed by atoms with Gasteiger partial charge in [-0.05, 0) is 43.4 Å². The number of phosphoric ester groups is 2. The second kappa shape index (κ2) is 61.9. The normalized spacial score (nSPS) is 14.5. The van der Waals surface area contributed by atoms with E-state index in [0.29, 0.717) is 25.7 Å². The summed E-state index contributed by atoms with van der Waals surface area (Å²) < 4.78 is 68.2. The van der Waals surface area contributed by atoms with Crippen LogP contribution in [0.3, 0.4) is 0 Å². The Hall–Kier alpha value is -1.94. The Morgan fingerprint density at radius 1 is 0.322 bits per heavy atom. The maximum Gasteiger partial charge on any atom is 0.472 e. The highest BCUT2D eigenvalue weighted by atomic mass is 31.2. The quantitative estimate of drug-likeness (QED) is 0.0222. The molecule has 0 amide bonds. The summed E-state index contributed by atoms with van der Waals surface area (Å²) in [7, 11) is -9.90. The molecule has 3 unspecified atom stereocenters. The lowest BCUT2D eigenvalue weighted by molar-refractivity contribution is -0.161. The molecule has 90 heavy (non-hydrogen) atoms. The summed E-state index contributed by atoms with van der Waals surface area (Å²) in [5.41, 5.74) is 0. The second-order valence-electron chi connectivity index (χ2n) is 26.8. The van der Waals surface area contributed by atoms with Crippen LogP contribution in [-0.4, -0.2) is 96.7 Å². The van der Waals surface area contributed by atoms with Crippen LogP contribution in [0.4, 0.5) is 0 Å². The van der Waals surface area contributed by atoms with Gasteiger partial charge in [-0.15, -0.1) is 0 Å². The average Bonchev–Trinajstić information content (AvgIpc) is 3.49. The number of esters is 4. The van der Waals surface area contributed by atoms with Crippen LogP contribution in [0, 0.1) is 17.8 Å². The van der Waals surface area contributed by atoms with Crippen molar-refractivity contribution in [3.8, 4) is 0 Å². The van der Waals surface area contributed by atoms with Gasteiger partial charge in [0.1, 0.15) is 19.3 Å². The van der Waals surface area contributed by atoms with Crippen molar-refractivity contribution < 1.29 is 80.2 Å². The Balaban J connectivity index is 5.21. The molecule has 0 aromatic rings. The Bertz CT molecular complexity index is 1770. The van der Waals surface area contributed by atoms with Gasteiger partial charge >= 0.3 is 39.5 Å². The first kappa shape index (κ1) is 88.1. The maximum atomic E-state index is 13.0. The van der Waals surface area contributed by atoms with Gasteiger partial charge in [-0.25, -0.2) is 9.13 Å². The van der Waals surface area contributed by atoms with Crippen molar-refractivity contribution in [1.82, 2.24) is 0 Å². The Morgan fingerprint density at radius 3 is 0.844 bits per heavy atom. The number of ether oxygens (including phenoxy) is 4. The molecule has 0 saturated heterocycles. The van der Waals surface area contributed by atoms with Gasteiger partial charge in [-0.2, -0.15) is 0 Å². The van der Waals surface area contributed by atoms with E-state index in [2.05, 4.69) is 48.5 Å². The Morgan fingerprint density at radius 2 is 0.567 bits per heavy atom. The summed E-state index contributed by atoms with van der Waals surface area (Å²) in [5, 5.41) is 10.6. The minimum atomic E-state index is -4.95. The van der Waals surface area contributed by atoms with Gasteiger partial charge < -0.3 is 33.8 Å². The van der Waals surface area contributed by atoms with Crippen LogP contribution in [0.5, 0.6) is 0 Å². The SMILES string of the molecule is CCCCCCCCCC(=O)OC[C@H](COP(=O)(O)OC[C@H](O)COP(=O)(O)OC[C@@H](COC(=O)CCCCCCCCCCCCCC(C)C)OC(=O)CCCCCCCCCCCCCCCCC(C)C)OC(=O)CCCCCCCCCCC(C)CC. The molecule has 0 aliphatic rings. The molecule has 0 bridgehead atoms. The van der Waals surface area contributed by atoms with Gasteiger partial charge in [0.15, 0.2) is 12.2 Å². The van der Waals surface area contributed by atoms with E-state index >= 15 is 0 Å². The van der Waals surface area contributed by atoms with Gasteiger partial charge in [0.25, 0.3) is 0 Å². The molecule has 0 heterocycles. The molecule has 6 atom stereocenters. The molecular formula is C71H138O17P2. The van der Waals surface area contributed by atoms with Crippen molar-refractivity contribution in [2.75, 3.05) is 39.6 Å². The first-order valence-electron chi connectivity index (χ1n) is 36.9. The van der Waals surface area contributed by atoms with Crippen LogP contribution in [0.2, 0.25) is 0 Å². The molecule has 0 aromatic carbocycles. The maximum absolute atomic E-state index is 13.0. The van der Waals surface area contributed by atoms with Gasteiger partial charge in [-0.1, -0.05) is 305 Å². The van der Waals surface area contributed by atoms with E-state index in [9.17, 15) is 43.2 Å². The molecule has 17 nitrogen and oxygen atoms in total. The third kappa shape index (κ3) is 63.5. The number of rotatable bonds is 69. The minimum absolute atomic E-state index is 0.104. The number of hydrogen-bond donors (Lipinski definition) is 3. The zero-order valence-electron chi connectivity index (χ0n) is 58.6. The van der Waals surface area contributed by atoms with Crippen molar-refractivity contribution in [2.24, 2.45) is 17.8 Å². The van der Waals surface area contributed by atoms with E-state index < -0.39 is 97.5 Å². The van der Waals surface area contributed by atoms with E-state index in [1.54, 1.807) is 0 Å². The van der Waals surface area contributed by atoms with E-state index in [-0.39, 0.29) is 25.7 Å². The van der Waals surface area contributed by atoms with E-state index in [1.165, 1.54) is 154 Å². The molecule has 0 saturated carbocycles. The monoisotopic (exact) mass is 1320 g/mol. The zero-order chi connectivity index (χ0) is 66.6. The predicted octanol–water partition coefficient (Wildman–Crippen LogP) is 20.2. The van der Waals surface area contributed by atoms with Crippen LogP contribution < -0.4 is 0 Å². The third-order valence-electron chi connectivity index (χ3n) is 16.7. The van der Waals surface area contributed by atoms with Crippen LogP contribution >= 0.6 is 15.6 Å².